The molecule has 1 nitrogen and oxygen atoms in total. The molecule has 0 saturated carbocycles. The highest BCUT2D eigenvalue weighted by Crippen LogP contribution is 2.55. The summed E-state index contributed by atoms with van der Waals surface area (Å²) < 4.78 is 2.68. The van der Waals surface area contributed by atoms with Crippen LogP contribution in [0.3, 0.4) is 0 Å². The Labute approximate surface area is 267 Å². The first-order valence-electron chi connectivity index (χ1n) is 15.6. The quantitative estimate of drug-likeness (QED) is 0.196. The van der Waals surface area contributed by atoms with Crippen molar-refractivity contribution in [2.75, 3.05) is 4.90 Å². The number of rotatable bonds is 4. The van der Waals surface area contributed by atoms with Gasteiger partial charge in [0, 0.05) is 47.6 Å². The average molecular weight is 594 g/mol. The molecule has 7 aromatic carbocycles. The third-order valence-corrected chi connectivity index (χ3v) is 10.9. The van der Waals surface area contributed by atoms with E-state index in [1.807, 2.05) is 11.3 Å². The topological polar surface area (TPSA) is 3.24 Å². The molecule has 0 amide bonds. The fourth-order valence-corrected chi connectivity index (χ4v) is 8.73. The monoisotopic (exact) mass is 593 g/mol. The summed E-state index contributed by atoms with van der Waals surface area (Å²) in [6, 6.07) is 55.8. The summed E-state index contributed by atoms with van der Waals surface area (Å²) >= 11 is 1.89. The molecule has 1 aliphatic rings. The van der Waals surface area contributed by atoms with E-state index in [0.29, 0.717) is 0 Å². The number of hydrogen-bond acceptors (Lipinski definition) is 2. The van der Waals surface area contributed by atoms with Gasteiger partial charge in [-0.2, -0.15) is 0 Å². The maximum atomic E-state index is 2.50. The molecule has 45 heavy (non-hydrogen) atoms. The molecule has 0 N–H and O–H groups in total. The lowest BCUT2D eigenvalue weighted by Gasteiger charge is -2.30. The molecule has 0 bridgehead atoms. The molecule has 8 aromatic rings. The van der Waals surface area contributed by atoms with Crippen LogP contribution in [0.25, 0.3) is 53.2 Å². The van der Waals surface area contributed by atoms with Gasteiger partial charge in [-0.25, -0.2) is 0 Å². The maximum Gasteiger partial charge on any atom is 0.0543 e. The molecule has 0 atom stereocenters. The third-order valence-electron chi connectivity index (χ3n) is 9.66. The van der Waals surface area contributed by atoms with E-state index < -0.39 is 0 Å². The zero-order valence-electron chi connectivity index (χ0n) is 25.3. The van der Waals surface area contributed by atoms with Gasteiger partial charge in [-0.1, -0.05) is 135 Å². The number of thiophene rings is 1. The Bertz CT molecular complexity index is 2410. The highest BCUT2D eigenvalue weighted by Gasteiger charge is 2.37. The van der Waals surface area contributed by atoms with Crippen LogP contribution in [-0.2, 0) is 5.41 Å². The van der Waals surface area contributed by atoms with E-state index in [-0.39, 0.29) is 5.41 Å². The zero-order chi connectivity index (χ0) is 30.1. The number of nitrogens with zero attached hydrogens (tertiary/aromatic N) is 1. The lowest BCUT2D eigenvalue weighted by molar-refractivity contribution is 0.660. The number of benzene rings is 7. The Balaban J connectivity index is 1.36. The van der Waals surface area contributed by atoms with E-state index in [1.54, 1.807) is 0 Å². The van der Waals surface area contributed by atoms with E-state index >= 15 is 0 Å². The molecule has 0 spiro atoms. The minimum Gasteiger partial charge on any atom is -0.309 e. The van der Waals surface area contributed by atoms with Crippen molar-refractivity contribution in [1.29, 1.82) is 0 Å². The van der Waals surface area contributed by atoms with Crippen LogP contribution in [0, 0.1) is 0 Å². The number of fused-ring (bicyclic) bond motifs is 8. The molecule has 0 unspecified atom stereocenters. The highest BCUT2D eigenvalue weighted by atomic mass is 32.1. The van der Waals surface area contributed by atoms with Crippen molar-refractivity contribution < 1.29 is 0 Å². The number of anilines is 3. The van der Waals surface area contributed by atoms with Gasteiger partial charge in [0.15, 0.2) is 0 Å². The predicted octanol–water partition coefficient (Wildman–Crippen LogP) is 12.7. The van der Waals surface area contributed by atoms with Gasteiger partial charge in [0.05, 0.1) is 11.4 Å². The molecule has 1 aliphatic carbocycles. The third kappa shape index (κ3) is 3.92. The second kappa shape index (κ2) is 9.92. The molecule has 0 fully saturated rings. The summed E-state index contributed by atoms with van der Waals surface area (Å²) in [5.41, 5.74) is 11.3. The van der Waals surface area contributed by atoms with Gasteiger partial charge in [0.25, 0.3) is 0 Å². The summed E-state index contributed by atoms with van der Waals surface area (Å²) in [4.78, 5) is 2.50. The van der Waals surface area contributed by atoms with Gasteiger partial charge in [0.1, 0.15) is 0 Å². The standard InChI is InChI=1S/C43H31NS/c1-43(2)36-20-8-6-18-35(36)41-37(43)21-12-23-39(41)44(30-16-10-15-29(27-30)28-13-4-3-5-14-28)38-22-11-19-33-31(38)25-26-34-32-17-7-9-24-40(32)45-42(33)34/h3-27H,1-2H3. The SMILES string of the molecule is CC1(C)c2ccccc2-c2c(N(c3cccc(-c4ccccc4)c3)c3cccc4c3ccc3c5ccccc5sc43)cccc21. The molecular formula is C43H31NS. The van der Waals surface area contributed by atoms with Crippen LogP contribution >= 0.6 is 11.3 Å². The van der Waals surface area contributed by atoms with Crippen molar-refractivity contribution in [3.05, 3.63) is 163 Å². The van der Waals surface area contributed by atoms with Crippen LogP contribution in [0.1, 0.15) is 25.0 Å². The Hall–Kier alpha value is -5.18. The first-order chi connectivity index (χ1) is 22.1. The van der Waals surface area contributed by atoms with Crippen LogP contribution in [0.4, 0.5) is 17.1 Å². The second-order valence-electron chi connectivity index (χ2n) is 12.5. The van der Waals surface area contributed by atoms with Crippen molar-refractivity contribution in [1.82, 2.24) is 0 Å². The molecule has 0 radical (unpaired) electrons. The van der Waals surface area contributed by atoms with Gasteiger partial charge in [-0.05, 0) is 58.1 Å². The molecule has 1 heterocycles. The largest absolute Gasteiger partial charge is 0.309 e. The van der Waals surface area contributed by atoms with E-state index in [0.717, 1.165) is 5.69 Å². The maximum absolute atomic E-state index is 2.50. The summed E-state index contributed by atoms with van der Waals surface area (Å²) in [5.74, 6) is 0. The minimum atomic E-state index is -0.0819. The predicted molar refractivity (Wildman–Crippen MR) is 195 cm³/mol. The van der Waals surface area contributed by atoms with Crippen LogP contribution in [0.2, 0.25) is 0 Å². The first kappa shape index (κ1) is 26.2. The van der Waals surface area contributed by atoms with Crippen molar-refractivity contribution in [2.45, 2.75) is 19.3 Å². The normalized spacial score (nSPS) is 13.3. The fourth-order valence-electron chi connectivity index (χ4n) is 7.50. The van der Waals surface area contributed by atoms with E-state index in [4.69, 9.17) is 0 Å². The fraction of sp³-hybridized carbons (Fsp3) is 0.0698. The lowest BCUT2D eigenvalue weighted by atomic mass is 9.82. The minimum absolute atomic E-state index is 0.0819. The molecule has 9 rings (SSSR count). The first-order valence-corrected chi connectivity index (χ1v) is 16.4. The number of hydrogen-bond donors (Lipinski definition) is 0. The Kier molecular flexibility index (Phi) is 5.78. The van der Waals surface area contributed by atoms with Gasteiger partial charge in [-0.15, -0.1) is 11.3 Å². The summed E-state index contributed by atoms with van der Waals surface area (Å²) in [6.45, 7) is 4.72. The molecule has 214 valence electrons. The smallest absolute Gasteiger partial charge is 0.0543 e. The van der Waals surface area contributed by atoms with Crippen LogP contribution in [0.15, 0.2) is 152 Å². The van der Waals surface area contributed by atoms with E-state index in [1.165, 1.54) is 75.7 Å². The van der Waals surface area contributed by atoms with Gasteiger partial charge in [-0.3, -0.25) is 0 Å². The van der Waals surface area contributed by atoms with Crippen molar-refractivity contribution in [3.63, 3.8) is 0 Å². The van der Waals surface area contributed by atoms with Gasteiger partial charge in [0.2, 0.25) is 0 Å². The Morgan fingerprint density at radius 2 is 1.13 bits per heavy atom. The van der Waals surface area contributed by atoms with Crippen LogP contribution in [0.5, 0.6) is 0 Å². The molecule has 0 saturated heterocycles. The Morgan fingerprint density at radius 3 is 2.04 bits per heavy atom. The molecule has 2 heteroatoms. The Morgan fingerprint density at radius 1 is 0.489 bits per heavy atom. The highest BCUT2D eigenvalue weighted by molar-refractivity contribution is 7.26. The van der Waals surface area contributed by atoms with Crippen molar-refractivity contribution in [3.8, 4) is 22.3 Å². The summed E-state index contributed by atoms with van der Waals surface area (Å²) in [7, 11) is 0. The second-order valence-corrected chi connectivity index (χ2v) is 13.6. The summed E-state index contributed by atoms with van der Waals surface area (Å²) in [5, 5.41) is 5.21. The average Bonchev–Trinajstić information content (AvgIpc) is 3.59. The van der Waals surface area contributed by atoms with E-state index in [9.17, 15) is 0 Å². The summed E-state index contributed by atoms with van der Waals surface area (Å²) in [6.07, 6.45) is 0. The zero-order valence-corrected chi connectivity index (χ0v) is 26.1. The lowest BCUT2D eigenvalue weighted by Crippen LogP contribution is -2.16. The molecule has 1 aromatic heterocycles. The molecular weight excluding hydrogens is 563 g/mol. The van der Waals surface area contributed by atoms with E-state index in [2.05, 4.69) is 170 Å². The molecule has 0 aliphatic heterocycles. The van der Waals surface area contributed by atoms with Gasteiger partial charge < -0.3 is 4.90 Å². The van der Waals surface area contributed by atoms with Gasteiger partial charge >= 0.3 is 0 Å². The van der Waals surface area contributed by atoms with Crippen LogP contribution < -0.4 is 4.90 Å². The van der Waals surface area contributed by atoms with Crippen molar-refractivity contribution in [2.24, 2.45) is 0 Å². The van der Waals surface area contributed by atoms with Crippen LogP contribution in [-0.4, -0.2) is 0 Å². The van der Waals surface area contributed by atoms with Crippen molar-refractivity contribution >= 4 is 59.3 Å².